The van der Waals surface area contributed by atoms with Crippen LogP contribution in [0.2, 0.25) is 0 Å². The number of aromatic nitrogens is 1. The van der Waals surface area contributed by atoms with E-state index in [9.17, 15) is 4.79 Å². The summed E-state index contributed by atoms with van der Waals surface area (Å²) in [5.41, 5.74) is 7.07. The maximum atomic E-state index is 12.1. The Bertz CT molecular complexity index is 783. The molecule has 0 aliphatic heterocycles. The quantitative estimate of drug-likeness (QED) is 0.746. The minimum Gasteiger partial charge on any atom is -0.397 e. The van der Waals surface area contributed by atoms with E-state index in [1.807, 2.05) is 42.5 Å². The van der Waals surface area contributed by atoms with E-state index >= 15 is 0 Å². The maximum absolute atomic E-state index is 12.1. The summed E-state index contributed by atoms with van der Waals surface area (Å²) in [7, 11) is 0. The van der Waals surface area contributed by atoms with Crippen LogP contribution in [0.3, 0.4) is 0 Å². The second-order valence-corrected chi connectivity index (χ2v) is 4.46. The Morgan fingerprint density at radius 1 is 1.00 bits per heavy atom. The van der Waals surface area contributed by atoms with E-state index < -0.39 is 0 Å². The van der Waals surface area contributed by atoms with E-state index in [1.165, 1.54) is 0 Å². The third-order valence-corrected chi connectivity index (χ3v) is 3.06. The Kier molecular flexibility index (Phi) is 3.05. The fourth-order valence-corrected chi connectivity index (χ4v) is 2.06. The number of nitrogen functional groups attached to an aromatic ring is 1. The topological polar surface area (TPSA) is 68.0 Å². The van der Waals surface area contributed by atoms with Crippen LogP contribution in [-0.2, 0) is 0 Å². The van der Waals surface area contributed by atoms with Crippen LogP contribution in [0.1, 0.15) is 10.5 Å². The zero-order valence-electron chi connectivity index (χ0n) is 10.7. The van der Waals surface area contributed by atoms with Crippen LogP contribution in [0.25, 0.3) is 10.8 Å². The van der Waals surface area contributed by atoms with Gasteiger partial charge in [0.1, 0.15) is 0 Å². The van der Waals surface area contributed by atoms with Gasteiger partial charge in [0.2, 0.25) is 0 Å². The lowest BCUT2D eigenvalue weighted by molar-refractivity contribution is 0.102. The Hall–Kier alpha value is -2.88. The number of fused-ring (bicyclic) bond motifs is 1. The number of hydrogen-bond acceptors (Lipinski definition) is 3. The van der Waals surface area contributed by atoms with Gasteiger partial charge in [0, 0.05) is 11.9 Å². The lowest BCUT2D eigenvalue weighted by Crippen LogP contribution is -2.15. The molecule has 1 heterocycles. The number of benzene rings is 2. The Morgan fingerprint density at radius 2 is 1.80 bits per heavy atom. The molecule has 3 rings (SSSR count). The molecule has 0 spiro atoms. The first-order chi connectivity index (χ1) is 9.74. The minimum absolute atomic E-state index is 0.237. The molecule has 3 aromatic rings. The van der Waals surface area contributed by atoms with E-state index in [0.717, 1.165) is 16.5 Å². The predicted octanol–water partition coefficient (Wildman–Crippen LogP) is 3.07. The number of pyridine rings is 1. The summed E-state index contributed by atoms with van der Waals surface area (Å²) in [6.45, 7) is 0. The molecule has 0 saturated carbocycles. The molecule has 1 aromatic heterocycles. The Balaban J connectivity index is 1.89. The van der Waals surface area contributed by atoms with Crippen LogP contribution in [0, 0.1) is 0 Å². The number of amides is 1. The fourth-order valence-electron chi connectivity index (χ4n) is 2.06. The molecule has 0 saturated heterocycles. The second-order valence-electron chi connectivity index (χ2n) is 4.46. The molecule has 0 atom stereocenters. The average Bonchev–Trinajstić information content (AvgIpc) is 2.47. The SMILES string of the molecule is Nc1cccnc1C(=O)Nc1ccc2ccccc2c1. The number of hydrogen-bond donors (Lipinski definition) is 2. The zero-order chi connectivity index (χ0) is 13.9. The molecule has 0 unspecified atom stereocenters. The Morgan fingerprint density at radius 3 is 2.60 bits per heavy atom. The number of carbonyl (C=O) groups is 1. The van der Waals surface area contributed by atoms with E-state index in [1.54, 1.807) is 18.3 Å². The number of anilines is 2. The summed E-state index contributed by atoms with van der Waals surface area (Å²) < 4.78 is 0. The van der Waals surface area contributed by atoms with Crippen molar-refractivity contribution in [3.8, 4) is 0 Å². The van der Waals surface area contributed by atoms with E-state index in [-0.39, 0.29) is 11.6 Å². The second kappa shape index (κ2) is 5.01. The van der Waals surface area contributed by atoms with Crippen LogP contribution in [0.4, 0.5) is 11.4 Å². The number of nitrogens with two attached hydrogens (primary N) is 1. The highest BCUT2D eigenvalue weighted by Gasteiger charge is 2.10. The molecule has 0 radical (unpaired) electrons. The molecule has 2 aromatic carbocycles. The van der Waals surface area contributed by atoms with Crippen LogP contribution < -0.4 is 11.1 Å². The van der Waals surface area contributed by atoms with Gasteiger partial charge in [-0.3, -0.25) is 4.79 Å². The monoisotopic (exact) mass is 263 g/mol. The van der Waals surface area contributed by atoms with Gasteiger partial charge >= 0.3 is 0 Å². The average molecular weight is 263 g/mol. The van der Waals surface area contributed by atoms with Crippen molar-refractivity contribution in [3.63, 3.8) is 0 Å². The van der Waals surface area contributed by atoms with Gasteiger partial charge in [-0.25, -0.2) is 4.98 Å². The van der Waals surface area contributed by atoms with Crippen LogP contribution in [0.15, 0.2) is 60.8 Å². The third kappa shape index (κ3) is 2.31. The summed E-state index contributed by atoms with van der Waals surface area (Å²) in [6.07, 6.45) is 1.55. The van der Waals surface area contributed by atoms with Crippen molar-refractivity contribution in [3.05, 3.63) is 66.5 Å². The highest BCUT2D eigenvalue weighted by atomic mass is 16.1. The van der Waals surface area contributed by atoms with Gasteiger partial charge < -0.3 is 11.1 Å². The first kappa shape index (κ1) is 12.2. The standard InChI is InChI=1S/C16H13N3O/c17-14-6-3-9-18-15(14)16(20)19-13-8-7-11-4-1-2-5-12(11)10-13/h1-10H,17H2,(H,19,20). The van der Waals surface area contributed by atoms with Gasteiger partial charge in [-0.05, 0) is 35.0 Å². The van der Waals surface area contributed by atoms with Crippen molar-refractivity contribution >= 4 is 28.1 Å². The summed E-state index contributed by atoms with van der Waals surface area (Å²) in [5, 5.41) is 5.01. The number of nitrogens with one attached hydrogen (secondary N) is 1. The molecule has 0 fully saturated rings. The van der Waals surface area contributed by atoms with Gasteiger partial charge in [-0.2, -0.15) is 0 Å². The fraction of sp³-hybridized carbons (Fsp3) is 0. The number of rotatable bonds is 2. The zero-order valence-corrected chi connectivity index (χ0v) is 10.7. The molecule has 20 heavy (non-hydrogen) atoms. The molecule has 4 nitrogen and oxygen atoms in total. The van der Waals surface area contributed by atoms with Gasteiger partial charge in [0.05, 0.1) is 5.69 Å². The van der Waals surface area contributed by atoms with Crippen molar-refractivity contribution in [2.45, 2.75) is 0 Å². The van der Waals surface area contributed by atoms with Crippen molar-refractivity contribution in [2.24, 2.45) is 0 Å². The first-order valence-corrected chi connectivity index (χ1v) is 6.25. The molecule has 4 heteroatoms. The highest BCUT2D eigenvalue weighted by Crippen LogP contribution is 2.19. The molecule has 98 valence electrons. The van der Waals surface area contributed by atoms with E-state index in [2.05, 4.69) is 10.3 Å². The molecule has 0 bridgehead atoms. The van der Waals surface area contributed by atoms with E-state index in [4.69, 9.17) is 5.73 Å². The molecular weight excluding hydrogens is 250 g/mol. The highest BCUT2D eigenvalue weighted by molar-refractivity contribution is 6.06. The smallest absolute Gasteiger partial charge is 0.276 e. The normalized spacial score (nSPS) is 10.4. The summed E-state index contributed by atoms with van der Waals surface area (Å²) in [5.74, 6) is -0.307. The molecule has 0 aliphatic rings. The van der Waals surface area contributed by atoms with Crippen LogP contribution in [-0.4, -0.2) is 10.9 Å². The Labute approximate surface area is 116 Å². The lowest BCUT2D eigenvalue weighted by atomic mass is 10.1. The largest absolute Gasteiger partial charge is 0.397 e. The van der Waals surface area contributed by atoms with Crippen molar-refractivity contribution in [2.75, 3.05) is 11.1 Å². The van der Waals surface area contributed by atoms with Crippen molar-refractivity contribution < 1.29 is 4.79 Å². The maximum Gasteiger partial charge on any atom is 0.276 e. The van der Waals surface area contributed by atoms with Crippen LogP contribution >= 0.6 is 0 Å². The summed E-state index contributed by atoms with van der Waals surface area (Å²) >= 11 is 0. The molecular formula is C16H13N3O. The summed E-state index contributed by atoms with van der Waals surface area (Å²) in [4.78, 5) is 16.1. The van der Waals surface area contributed by atoms with Gasteiger partial charge in [-0.1, -0.05) is 30.3 Å². The number of nitrogens with zero attached hydrogens (tertiary/aromatic N) is 1. The summed E-state index contributed by atoms with van der Waals surface area (Å²) in [6, 6.07) is 17.1. The molecule has 0 aliphatic carbocycles. The molecule has 3 N–H and O–H groups in total. The third-order valence-electron chi connectivity index (χ3n) is 3.06. The van der Waals surface area contributed by atoms with E-state index in [0.29, 0.717) is 5.69 Å². The number of carbonyl (C=O) groups excluding carboxylic acids is 1. The molecule has 1 amide bonds. The first-order valence-electron chi connectivity index (χ1n) is 6.25. The lowest BCUT2D eigenvalue weighted by Gasteiger charge is -2.07. The van der Waals surface area contributed by atoms with Crippen molar-refractivity contribution in [1.29, 1.82) is 0 Å². The van der Waals surface area contributed by atoms with Gasteiger partial charge in [-0.15, -0.1) is 0 Å². The van der Waals surface area contributed by atoms with Crippen LogP contribution in [0.5, 0.6) is 0 Å². The predicted molar refractivity (Wildman–Crippen MR) is 80.6 cm³/mol. The van der Waals surface area contributed by atoms with Gasteiger partial charge in [0.15, 0.2) is 5.69 Å². The minimum atomic E-state index is -0.307. The van der Waals surface area contributed by atoms with Crippen molar-refractivity contribution in [1.82, 2.24) is 4.98 Å². The van der Waals surface area contributed by atoms with Gasteiger partial charge in [0.25, 0.3) is 5.91 Å².